The summed E-state index contributed by atoms with van der Waals surface area (Å²) in [7, 11) is 0. The first-order valence-corrected chi connectivity index (χ1v) is 13.8. The standard InChI is InChI=1S/C30H42N2O9/c1-17(2)8-7-9-18(3)13-14-32-22-12-11-20(31-27(37)26-24(35)23(34)25(36)28(38)41-26)16-21(22)30(40,29(32)39)19(4)10-5-6-15-33/h5,8,10-13,16,19,23-26,28,33-36,38,40H,6-7,9,14-15H2,1-4H3,(H,31,37)/b10-5+,18-13+/t19-,23-,24-,25+,26-,28+,30+/m0/s1. The van der Waals surface area contributed by atoms with E-state index in [1.54, 1.807) is 25.1 Å². The number of rotatable bonds is 11. The van der Waals surface area contributed by atoms with E-state index in [9.17, 15) is 35.1 Å². The average molecular weight is 575 g/mol. The van der Waals surface area contributed by atoms with Crippen LogP contribution < -0.4 is 10.2 Å². The van der Waals surface area contributed by atoms with Gasteiger partial charge in [-0.05, 0) is 58.2 Å². The van der Waals surface area contributed by atoms with Gasteiger partial charge >= 0.3 is 0 Å². The van der Waals surface area contributed by atoms with Crippen molar-refractivity contribution in [3.63, 3.8) is 0 Å². The minimum absolute atomic E-state index is 0.0825. The fraction of sp³-hybridized carbons (Fsp3) is 0.533. The van der Waals surface area contributed by atoms with Crippen molar-refractivity contribution in [2.45, 2.75) is 83.3 Å². The van der Waals surface area contributed by atoms with Gasteiger partial charge in [-0.25, -0.2) is 0 Å². The van der Waals surface area contributed by atoms with E-state index in [1.165, 1.54) is 22.6 Å². The number of carbonyl (C=O) groups excluding carboxylic acids is 2. The Morgan fingerprint density at radius 3 is 2.46 bits per heavy atom. The lowest BCUT2D eigenvalue weighted by molar-refractivity contribution is -0.274. The van der Waals surface area contributed by atoms with Gasteiger partial charge in [0.15, 0.2) is 18.0 Å². The van der Waals surface area contributed by atoms with E-state index < -0.39 is 54.0 Å². The van der Waals surface area contributed by atoms with E-state index in [4.69, 9.17) is 9.84 Å². The largest absolute Gasteiger partial charge is 0.396 e. The molecule has 11 nitrogen and oxygen atoms in total. The summed E-state index contributed by atoms with van der Waals surface area (Å²) in [5, 5.41) is 63.2. The molecule has 2 heterocycles. The number of carbonyl (C=O) groups is 2. The van der Waals surface area contributed by atoms with Gasteiger partial charge in [0.2, 0.25) is 0 Å². The molecule has 3 rings (SSSR count). The lowest BCUT2D eigenvalue weighted by atomic mass is 9.82. The van der Waals surface area contributed by atoms with Gasteiger partial charge in [-0.15, -0.1) is 0 Å². The van der Waals surface area contributed by atoms with Crippen molar-refractivity contribution in [3.05, 3.63) is 59.2 Å². The molecule has 11 heteroatoms. The molecule has 7 atom stereocenters. The third-order valence-corrected chi connectivity index (χ3v) is 7.48. The highest BCUT2D eigenvalue weighted by Crippen LogP contribution is 2.46. The highest BCUT2D eigenvalue weighted by atomic mass is 16.6. The number of anilines is 2. The van der Waals surface area contributed by atoms with Gasteiger partial charge in [0.25, 0.3) is 11.8 Å². The molecule has 0 aliphatic carbocycles. The third-order valence-electron chi connectivity index (χ3n) is 7.48. The highest BCUT2D eigenvalue weighted by molar-refractivity contribution is 6.08. The molecule has 1 aromatic carbocycles. The summed E-state index contributed by atoms with van der Waals surface area (Å²) >= 11 is 0. The molecule has 41 heavy (non-hydrogen) atoms. The van der Waals surface area contributed by atoms with E-state index in [-0.39, 0.29) is 24.4 Å². The second kappa shape index (κ2) is 13.8. The molecule has 0 unspecified atom stereocenters. The molecular weight excluding hydrogens is 532 g/mol. The maximum absolute atomic E-state index is 13.7. The quantitative estimate of drug-likeness (QED) is 0.191. The first kappa shape index (κ1) is 32.6. The molecule has 1 aromatic rings. The Kier molecular flexibility index (Phi) is 11.0. The fourth-order valence-electron chi connectivity index (χ4n) is 4.95. The highest BCUT2D eigenvalue weighted by Gasteiger charge is 2.52. The van der Waals surface area contributed by atoms with Crippen molar-refractivity contribution in [2.75, 3.05) is 23.4 Å². The normalized spacial score (nSPS) is 29.0. The monoisotopic (exact) mass is 574 g/mol. The van der Waals surface area contributed by atoms with Crippen LogP contribution in [0, 0.1) is 5.92 Å². The molecular formula is C30H42N2O9. The van der Waals surface area contributed by atoms with Crippen LogP contribution in [0.2, 0.25) is 0 Å². The molecule has 0 spiro atoms. The molecule has 7 N–H and O–H groups in total. The van der Waals surface area contributed by atoms with E-state index in [1.807, 2.05) is 26.8 Å². The number of allylic oxidation sites excluding steroid dienone is 3. The summed E-state index contributed by atoms with van der Waals surface area (Å²) in [5.74, 6) is -2.12. The fourth-order valence-corrected chi connectivity index (χ4v) is 4.95. The van der Waals surface area contributed by atoms with Crippen LogP contribution in [0.25, 0.3) is 0 Å². The molecule has 0 bridgehead atoms. The zero-order chi connectivity index (χ0) is 30.5. The lowest BCUT2D eigenvalue weighted by Crippen LogP contribution is -2.60. The van der Waals surface area contributed by atoms with Crippen molar-refractivity contribution in [3.8, 4) is 0 Å². The third kappa shape index (κ3) is 7.12. The summed E-state index contributed by atoms with van der Waals surface area (Å²) < 4.78 is 5.00. The van der Waals surface area contributed by atoms with Crippen molar-refractivity contribution in [1.29, 1.82) is 0 Å². The molecule has 1 fully saturated rings. The Morgan fingerprint density at radius 1 is 1.10 bits per heavy atom. The average Bonchev–Trinajstić information content (AvgIpc) is 3.14. The summed E-state index contributed by atoms with van der Waals surface area (Å²) in [6, 6.07) is 4.59. The van der Waals surface area contributed by atoms with Crippen molar-refractivity contribution >= 4 is 23.2 Å². The van der Waals surface area contributed by atoms with Crippen molar-refractivity contribution < 1.29 is 45.0 Å². The number of ether oxygens (including phenoxy) is 1. The number of nitrogens with zero attached hydrogens (tertiary/aromatic N) is 1. The molecule has 0 saturated carbocycles. The van der Waals surface area contributed by atoms with Gasteiger partial charge in [-0.3, -0.25) is 9.59 Å². The number of benzene rings is 1. The number of amides is 2. The second-order valence-corrected chi connectivity index (χ2v) is 10.9. The first-order chi connectivity index (χ1) is 19.3. The van der Waals surface area contributed by atoms with Crippen LogP contribution >= 0.6 is 0 Å². The predicted octanol–water partition coefficient (Wildman–Crippen LogP) is 1.23. The number of hydrogen-bond acceptors (Lipinski definition) is 9. The zero-order valence-electron chi connectivity index (χ0n) is 23.9. The van der Waals surface area contributed by atoms with E-state index >= 15 is 0 Å². The molecule has 2 amide bonds. The number of hydrogen-bond donors (Lipinski definition) is 7. The molecule has 0 radical (unpaired) electrons. The van der Waals surface area contributed by atoms with Crippen LogP contribution in [0.15, 0.2) is 53.6 Å². The van der Waals surface area contributed by atoms with Crippen LogP contribution in [-0.4, -0.2) is 86.3 Å². The van der Waals surface area contributed by atoms with Gasteiger partial charge in [-0.1, -0.05) is 42.4 Å². The Hall–Kier alpha value is -2.90. The van der Waals surface area contributed by atoms with Gasteiger partial charge in [0.1, 0.15) is 18.3 Å². The van der Waals surface area contributed by atoms with Crippen LogP contribution in [0.1, 0.15) is 52.5 Å². The van der Waals surface area contributed by atoms with Gasteiger partial charge in [0.05, 0.1) is 5.69 Å². The van der Waals surface area contributed by atoms with E-state index in [2.05, 4.69) is 11.4 Å². The second-order valence-electron chi connectivity index (χ2n) is 10.9. The van der Waals surface area contributed by atoms with E-state index in [0.29, 0.717) is 12.1 Å². The van der Waals surface area contributed by atoms with Crippen LogP contribution in [0.3, 0.4) is 0 Å². The topological polar surface area (TPSA) is 180 Å². The summed E-state index contributed by atoms with van der Waals surface area (Å²) in [4.78, 5) is 28.1. The minimum atomic E-state index is -1.97. The van der Waals surface area contributed by atoms with Crippen LogP contribution in [0.5, 0.6) is 0 Å². The van der Waals surface area contributed by atoms with Crippen LogP contribution in [-0.2, 0) is 19.9 Å². The lowest BCUT2D eigenvalue weighted by Gasteiger charge is -2.37. The molecule has 0 aromatic heterocycles. The Labute approximate surface area is 240 Å². The Morgan fingerprint density at radius 2 is 1.80 bits per heavy atom. The van der Waals surface area contributed by atoms with Crippen molar-refractivity contribution in [2.24, 2.45) is 5.92 Å². The summed E-state index contributed by atoms with van der Waals surface area (Å²) in [6.45, 7) is 7.89. The SMILES string of the molecule is CC(C)=CCC/C(C)=C/CN1C(=O)[C@@](O)([C@@H](C)/C=C/CCO)c2cc(NC(=O)[C@H]3O[C@@H](O)[C@H](O)[C@@H](O)[C@@H]3O)ccc21. The minimum Gasteiger partial charge on any atom is -0.396 e. The predicted molar refractivity (Wildman–Crippen MR) is 153 cm³/mol. The molecule has 1 saturated heterocycles. The summed E-state index contributed by atoms with van der Waals surface area (Å²) in [6.07, 6.45) is 0.515. The number of fused-ring (bicyclic) bond motifs is 1. The number of aliphatic hydroxyl groups excluding tert-OH is 5. The number of aliphatic hydroxyl groups is 6. The maximum atomic E-state index is 13.7. The first-order valence-electron chi connectivity index (χ1n) is 13.8. The Bertz CT molecular complexity index is 1190. The molecule has 2 aliphatic heterocycles. The van der Waals surface area contributed by atoms with Gasteiger partial charge < -0.3 is 45.6 Å². The maximum Gasteiger partial charge on any atom is 0.264 e. The Balaban J connectivity index is 1.91. The number of nitrogens with one attached hydrogen (secondary N) is 1. The van der Waals surface area contributed by atoms with Crippen LogP contribution in [0.4, 0.5) is 11.4 Å². The molecule has 2 aliphatic rings. The molecule has 226 valence electrons. The van der Waals surface area contributed by atoms with Gasteiger partial charge in [-0.2, -0.15) is 0 Å². The van der Waals surface area contributed by atoms with E-state index in [0.717, 1.165) is 18.4 Å². The summed E-state index contributed by atoms with van der Waals surface area (Å²) in [5.41, 5.74) is 1.25. The smallest absolute Gasteiger partial charge is 0.264 e. The zero-order valence-corrected chi connectivity index (χ0v) is 23.9. The van der Waals surface area contributed by atoms with Crippen molar-refractivity contribution in [1.82, 2.24) is 0 Å². The van der Waals surface area contributed by atoms with Gasteiger partial charge in [0, 0.05) is 30.3 Å².